The monoisotopic (exact) mass is 639 g/mol. The number of carbonyl (C=O) groups is 2. The summed E-state index contributed by atoms with van der Waals surface area (Å²) < 4.78 is 18.4. The van der Waals surface area contributed by atoms with Crippen LogP contribution in [0.3, 0.4) is 0 Å². The third-order valence-electron chi connectivity index (χ3n) is 7.97. The molecule has 0 saturated heterocycles. The highest BCUT2D eigenvalue weighted by atomic mass is 16.7. The normalized spacial score (nSPS) is 15.7. The zero-order valence-corrected chi connectivity index (χ0v) is 26.9. The highest BCUT2D eigenvalue weighted by Crippen LogP contribution is 2.37. The molecule has 1 aromatic heterocycles. The smallest absolute Gasteiger partial charge is 0.271 e. The van der Waals surface area contributed by atoms with Crippen LogP contribution in [-0.2, 0) is 35.7 Å². The number of rotatable bonds is 16. The van der Waals surface area contributed by atoms with Crippen molar-refractivity contribution < 1.29 is 28.4 Å². The summed E-state index contributed by atoms with van der Waals surface area (Å²) in [6.45, 7) is 7.69. The lowest BCUT2D eigenvalue weighted by molar-refractivity contribution is -0.124. The van der Waals surface area contributed by atoms with Crippen molar-refractivity contribution in [1.82, 2.24) is 16.0 Å². The molecule has 2 heterocycles. The molecule has 0 spiro atoms. The number of amides is 2. The van der Waals surface area contributed by atoms with Gasteiger partial charge in [-0.2, -0.15) is 0 Å². The van der Waals surface area contributed by atoms with Gasteiger partial charge in [0.1, 0.15) is 30.5 Å². The molecule has 4 aromatic rings. The Kier molecular flexibility index (Phi) is 10.6. The Morgan fingerprint density at radius 3 is 2.15 bits per heavy atom. The van der Waals surface area contributed by atoms with Crippen LogP contribution in [0.1, 0.15) is 70.8 Å². The van der Waals surface area contributed by atoms with Crippen LogP contribution in [0.15, 0.2) is 83.4 Å². The third-order valence-corrected chi connectivity index (χ3v) is 7.97. The molecule has 11 heteroatoms. The van der Waals surface area contributed by atoms with Crippen molar-refractivity contribution in [2.75, 3.05) is 13.1 Å². The van der Waals surface area contributed by atoms with Gasteiger partial charge in [0.2, 0.25) is 5.91 Å². The third kappa shape index (κ3) is 7.82. The Labute approximate surface area is 274 Å². The summed E-state index contributed by atoms with van der Waals surface area (Å²) in [7, 11) is 0. The van der Waals surface area contributed by atoms with Crippen LogP contribution in [0.4, 0.5) is 0 Å². The van der Waals surface area contributed by atoms with Crippen molar-refractivity contribution in [3.8, 4) is 11.5 Å². The molecule has 6 N–H and O–H groups in total. The zero-order chi connectivity index (χ0) is 33.4. The first-order chi connectivity index (χ1) is 22.7. The van der Waals surface area contributed by atoms with E-state index in [-0.39, 0.29) is 29.5 Å². The summed E-state index contributed by atoms with van der Waals surface area (Å²) in [5.74, 6) is 0.659. The minimum absolute atomic E-state index is 0.107. The van der Waals surface area contributed by atoms with Crippen LogP contribution in [0.25, 0.3) is 5.76 Å². The van der Waals surface area contributed by atoms with Crippen molar-refractivity contribution >= 4 is 17.6 Å². The second-order valence-corrected chi connectivity index (χ2v) is 11.7. The first kappa shape index (κ1) is 33.2. The van der Waals surface area contributed by atoms with Crippen LogP contribution in [0.2, 0.25) is 0 Å². The standard InChI is InChI=1S/C36H41N5O6/c1-4-39-22-36(35(38)43)19-31(47-41-36)32-28(46-40-33(32)34(37)42)16-15-26-17-27(23(2)3)30(45-21-25-13-9-6-10-14-25)18-29(26)44-20-24-11-7-5-8-12-24/h5-14,17-19,23,39,41H,4,15-16,20-22H2,1-3H3,(H2,37,42)(H2,38,43). The van der Waals surface area contributed by atoms with Gasteiger partial charge in [0.05, 0.1) is 5.56 Å². The summed E-state index contributed by atoms with van der Waals surface area (Å²) in [6.07, 6.45) is 2.31. The molecular formula is C36H41N5O6. The molecule has 1 aliphatic heterocycles. The number of nitrogens with two attached hydrogens (primary N) is 2. The first-order valence-electron chi connectivity index (χ1n) is 15.7. The second kappa shape index (κ2) is 15.0. The summed E-state index contributed by atoms with van der Waals surface area (Å²) in [6, 6.07) is 24.0. The van der Waals surface area contributed by atoms with E-state index in [9.17, 15) is 9.59 Å². The summed E-state index contributed by atoms with van der Waals surface area (Å²) in [5, 5.41) is 7.06. The topological polar surface area (TPSA) is 164 Å². The van der Waals surface area contributed by atoms with Crippen molar-refractivity contribution in [2.24, 2.45) is 11.5 Å². The molecule has 0 bridgehead atoms. The minimum Gasteiger partial charge on any atom is -0.488 e. The average Bonchev–Trinajstić information content (AvgIpc) is 3.71. The zero-order valence-electron chi connectivity index (χ0n) is 26.9. The van der Waals surface area contributed by atoms with E-state index >= 15 is 0 Å². The average molecular weight is 640 g/mol. The highest BCUT2D eigenvalue weighted by Gasteiger charge is 2.42. The Bertz CT molecular complexity index is 1720. The molecule has 0 radical (unpaired) electrons. The van der Waals surface area contributed by atoms with E-state index in [0.717, 1.165) is 28.0 Å². The molecular weight excluding hydrogens is 598 g/mol. The van der Waals surface area contributed by atoms with Crippen LogP contribution in [0, 0.1) is 0 Å². The second-order valence-electron chi connectivity index (χ2n) is 11.7. The maximum absolute atomic E-state index is 12.4. The molecule has 11 nitrogen and oxygen atoms in total. The Morgan fingerprint density at radius 2 is 1.57 bits per heavy atom. The number of aromatic nitrogens is 1. The fraction of sp³-hybridized carbons (Fsp3) is 0.306. The van der Waals surface area contributed by atoms with Crippen LogP contribution in [0.5, 0.6) is 11.5 Å². The van der Waals surface area contributed by atoms with E-state index in [0.29, 0.717) is 44.1 Å². The number of aryl methyl sites for hydroxylation is 2. The summed E-state index contributed by atoms with van der Waals surface area (Å²) >= 11 is 0. The van der Waals surface area contributed by atoms with Crippen molar-refractivity contribution in [1.29, 1.82) is 0 Å². The van der Waals surface area contributed by atoms with Crippen LogP contribution < -0.4 is 31.7 Å². The number of primary amides is 2. The van der Waals surface area contributed by atoms with E-state index in [2.05, 4.69) is 35.9 Å². The molecule has 1 atom stereocenters. The fourth-order valence-corrected chi connectivity index (χ4v) is 5.34. The molecule has 47 heavy (non-hydrogen) atoms. The number of hydrogen-bond acceptors (Lipinski definition) is 9. The number of hydroxylamine groups is 1. The number of likely N-dealkylation sites (N-methyl/N-ethyl adjacent to an activating group) is 1. The van der Waals surface area contributed by atoms with Gasteiger partial charge in [-0.3, -0.25) is 9.59 Å². The SMILES string of the molecule is CCNCC1(C(N)=O)C=C(c2c(C(N)=O)noc2CCc2cc(C(C)C)c(OCc3ccccc3)cc2OCc2ccccc2)ON1. The summed E-state index contributed by atoms with van der Waals surface area (Å²) in [4.78, 5) is 30.5. The summed E-state index contributed by atoms with van der Waals surface area (Å²) in [5.41, 5.74) is 17.0. The molecule has 2 amide bonds. The van der Waals surface area contributed by atoms with E-state index in [1.165, 1.54) is 6.08 Å². The lowest BCUT2D eigenvalue weighted by Crippen LogP contribution is -2.57. The first-order valence-corrected chi connectivity index (χ1v) is 15.7. The van der Waals surface area contributed by atoms with Crippen LogP contribution in [-0.4, -0.2) is 35.6 Å². The lowest BCUT2D eigenvalue weighted by atomic mass is 9.94. The van der Waals surface area contributed by atoms with Gasteiger partial charge in [0, 0.05) is 19.0 Å². The van der Waals surface area contributed by atoms with E-state index in [1.807, 2.05) is 73.7 Å². The van der Waals surface area contributed by atoms with Crippen LogP contribution >= 0.6 is 0 Å². The molecule has 0 aliphatic carbocycles. The van der Waals surface area contributed by atoms with Gasteiger partial charge in [-0.15, -0.1) is 5.48 Å². The molecule has 246 valence electrons. The van der Waals surface area contributed by atoms with Crippen molar-refractivity contribution in [3.05, 3.63) is 118 Å². The van der Waals surface area contributed by atoms with E-state index < -0.39 is 17.4 Å². The number of nitrogens with zero attached hydrogens (tertiary/aromatic N) is 1. The number of ether oxygens (including phenoxy) is 2. The molecule has 1 unspecified atom stereocenters. The Balaban J connectivity index is 1.47. The van der Waals surface area contributed by atoms with Gasteiger partial charge in [-0.05, 0) is 53.3 Å². The van der Waals surface area contributed by atoms with E-state index in [4.69, 9.17) is 30.3 Å². The molecule has 5 rings (SSSR count). The van der Waals surface area contributed by atoms with Gasteiger partial charge in [0.15, 0.2) is 17.0 Å². The molecule has 0 fully saturated rings. The van der Waals surface area contributed by atoms with Gasteiger partial charge < -0.3 is 35.6 Å². The van der Waals surface area contributed by atoms with Gasteiger partial charge >= 0.3 is 0 Å². The largest absolute Gasteiger partial charge is 0.488 e. The minimum atomic E-state index is -1.34. The fourth-order valence-electron chi connectivity index (χ4n) is 5.34. The Morgan fingerprint density at radius 1 is 0.936 bits per heavy atom. The number of hydrogen-bond donors (Lipinski definition) is 4. The lowest BCUT2D eigenvalue weighted by Gasteiger charge is -2.21. The van der Waals surface area contributed by atoms with Gasteiger partial charge in [-0.1, -0.05) is 86.6 Å². The van der Waals surface area contributed by atoms with Gasteiger partial charge in [-0.25, -0.2) is 0 Å². The maximum Gasteiger partial charge on any atom is 0.271 e. The van der Waals surface area contributed by atoms with Crippen molar-refractivity contribution in [3.63, 3.8) is 0 Å². The maximum atomic E-state index is 12.4. The van der Waals surface area contributed by atoms with Gasteiger partial charge in [0.25, 0.3) is 5.91 Å². The molecule has 3 aromatic carbocycles. The Hall–Kier alpha value is -5.13. The number of benzene rings is 3. The number of carbonyl (C=O) groups excluding carboxylic acids is 2. The molecule has 0 saturated carbocycles. The molecule has 1 aliphatic rings. The number of nitrogens with one attached hydrogen (secondary N) is 2. The van der Waals surface area contributed by atoms with E-state index in [1.54, 1.807) is 0 Å². The predicted octanol–water partition coefficient (Wildman–Crippen LogP) is 4.55. The highest BCUT2D eigenvalue weighted by molar-refractivity contribution is 5.97. The quantitative estimate of drug-likeness (QED) is 0.138. The predicted molar refractivity (Wildman–Crippen MR) is 177 cm³/mol. The van der Waals surface area contributed by atoms with Crippen molar-refractivity contribution in [2.45, 2.75) is 58.3 Å².